The summed E-state index contributed by atoms with van der Waals surface area (Å²) >= 11 is 0. The van der Waals surface area contributed by atoms with Crippen molar-refractivity contribution in [2.75, 3.05) is 0 Å². The maximum Gasteiger partial charge on any atom is 0.309 e. The average Bonchev–Trinajstić information content (AvgIpc) is 2.76. The molecular formula is C15H22O4. The first-order valence-corrected chi connectivity index (χ1v) is 7.28. The van der Waals surface area contributed by atoms with E-state index in [0.29, 0.717) is 12.8 Å². The van der Waals surface area contributed by atoms with E-state index in [1.165, 1.54) is 0 Å². The molecule has 1 aliphatic heterocycles. The fraction of sp³-hybridized carbons (Fsp3) is 0.867. The average molecular weight is 266 g/mol. The van der Waals surface area contributed by atoms with Crippen molar-refractivity contribution in [3.8, 4) is 0 Å². The van der Waals surface area contributed by atoms with Gasteiger partial charge < -0.3 is 9.84 Å². The van der Waals surface area contributed by atoms with E-state index < -0.39 is 17.1 Å². The van der Waals surface area contributed by atoms with Crippen LogP contribution in [0.2, 0.25) is 0 Å². The number of carbonyl (C=O) groups excluding carboxylic acids is 2. The number of hydrogen-bond acceptors (Lipinski definition) is 4. The van der Waals surface area contributed by atoms with Crippen LogP contribution in [0.5, 0.6) is 0 Å². The number of Topliss-reactive ketones (excluding diaryl/α,β-unsaturated/α-hetero) is 1. The molecule has 3 fully saturated rings. The molecular weight excluding hydrogens is 244 g/mol. The standard InChI is InChI=1S/C15H22O4/c1-8-4-5-10-9(2)13(17)19-12(10)14(3)11(16)6-7-15(8,14)18/h8-10,12,18H,4-7H2,1-3H3/t8-,9-,10?,12+,14-,15+/m0/s1. The molecule has 2 aliphatic carbocycles. The molecule has 3 rings (SSSR count). The topological polar surface area (TPSA) is 63.6 Å². The van der Waals surface area contributed by atoms with Gasteiger partial charge in [0.2, 0.25) is 0 Å². The summed E-state index contributed by atoms with van der Waals surface area (Å²) in [6, 6.07) is 0. The van der Waals surface area contributed by atoms with Gasteiger partial charge >= 0.3 is 5.97 Å². The fourth-order valence-electron chi connectivity index (χ4n) is 4.61. The minimum absolute atomic E-state index is 0.0562. The van der Waals surface area contributed by atoms with Crippen LogP contribution in [0.25, 0.3) is 0 Å². The van der Waals surface area contributed by atoms with E-state index in [2.05, 4.69) is 0 Å². The molecule has 0 spiro atoms. The van der Waals surface area contributed by atoms with Gasteiger partial charge in [0.1, 0.15) is 11.9 Å². The molecule has 0 radical (unpaired) electrons. The maximum atomic E-state index is 12.4. The highest BCUT2D eigenvalue weighted by molar-refractivity contribution is 5.90. The van der Waals surface area contributed by atoms with E-state index in [9.17, 15) is 14.7 Å². The van der Waals surface area contributed by atoms with Crippen LogP contribution in [0, 0.1) is 23.2 Å². The smallest absolute Gasteiger partial charge is 0.309 e. The maximum absolute atomic E-state index is 12.4. The van der Waals surface area contributed by atoms with Gasteiger partial charge in [-0.25, -0.2) is 0 Å². The predicted octanol–water partition coefficient (Wildman–Crippen LogP) is 1.69. The number of hydrogen-bond donors (Lipinski definition) is 1. The zero-order chi connectivity index (χ0) is 14.0. The minimum Gasteiger partial charge on any atom is -0.461 e. The van der Waals surface area contributed by atoms with Crippen molar-refractivity contribution in [3.05, 3.63) is 0 Å². The van der Waals surface area contributed by atoms with Crippen LogP contribution in [0.15, 0.2) is 0 Å². The van der Waals surface area contributed by atoms with Crippen molar-refractivity contribution in [2.24, 2.45) is 23.2 Å². The van der Waals surface area contributed by atoms with Gasteiger partial charge in [0.15, 0.2) is 0 Å². The lowest BCUT2D eigenvalue weighted by molar-refractivity contribution is -0.171. The number of rotatable bonds is 0. The summed E-state index contributed by atoms with van der Waals surface area (Å²) in [7, 11) is 0. The van der Waals surface area contributed by atoms with Gasteiger partial charge in [-0.05, 0) is 32.1 Å². The van der Waals surface area contributed by atoms with Crippen molar-refractivity contribution < 1.29 is 19.4 Å². The monoisotopic (exact) mass is 266 g/mol. The highest BCUT2D eigenvalue weighted by Crippen LogP contribution is 2.58. The van der Waals surface area contributed by atoms with Gasteiger partial charge in [-0.3, -0.25) is 9.59 Å². The van der Waals surface area contributed by atoms with Gasteiger partial charge in [-0.1, -0.05) is 13.8 Å². The molecule has 2 saturated carbocycles. The van der Waals surface area contributed by atoms with E-state index in [1.807, 2.05) is 20.8 Å². The molecule has 4 heteroatoms. The van der Waals surface area contributed by atoms with Gasteiger partial charge in [-0.2, -0.15) is 0 Å². The first-order chi connectivity index (χ1) is 8.82. The Kier molecular flexibility index (Phi) is 2.63. The Hall–Kier alpha value is -0.900. The quantitative estimate of drug-likeness (QED) is 0.678. The first kappa shape index (κ1) is 13.1. The molecule has 0 aromatic carbocycles. The van der Waals surface area contributed by atoms with Crippen molar-refractivity contribution in [1.82, 2.24) is 0 Å². The lowest BCUT2D eigenvalue weighted by atomic mass is 9.65. The molecule has 0 amide bonds. The lowest BCUT2D eigenvalue weighted by Crippen LogP contribution is -2.56. The molecule has 1 unspecified atom stereocenters. The number of ketones is 1. The van der Waals surface area contributed by atoms with Crippen LogP contribution in [0.3, 0.4) is 0 Å². The molecule has 0 bridgehead atoms. The van der Waals surface area contributed by atoms with E-state index in [0.717, 1.165) is 12.8 Å². The molecule has 1 N–H and O–H groups in total. The second-order valence-corrected chi connectivity index (χ2v) is 6.84. The lowest BCUT2D eigenvalue weighted by Gasteiger charge is -2.44. The Labute approximate surface area is 113 Å². The molecule has 6 atom stereocenters. The van der Waals surface area contributed by atoms with Crippen molar-refractivity contribution >= 4 is 11.8 Å². The highest BCUT2D eigenvalue weighted by Gasteiger charge is 2.68. The number of fused-ring (bicyclic) bond motifs is 3. The van der Waals surface area contributed by atoms with Crippen LogP contribution in [0.4, 0.5) is 0 Å². The van der Waals surface area contributed by atoms with Crippen molar-refractivity contribution in [3.63, 3.8) is 0 Å². The van der Waals surface area contributed by atoms with E-state index in [4.69, 9.17) is 4.74 Å². The first-order valence-electron chi connectivity index (χ1n) is 7.28. The zero-order valence-electron chi connectivity index (χ0n) is 11.8. The number of carbonyl (C=O) groups is 2. The summed E-state index contributed by atoms with van der Waals surface area (Å²) < 4.78 is 5.54. The summed E-state index contributed by atoms with van der Waals surface area (Å²) in [5.74, 6) is -0.185. The SMILES string of the molecule is C[C@@H]1C(=O)O[C@@H]2C1CC[C@H](C)[C@]1(O)CCC(=O)[C@@]21C. The van der Waals surface area contributed by atoms with Crippen molar-refractivity contribution in [1.29, 1.82) is 0 Å². The summed E-state index contributed by atoms with van der Waals surface area (Å²) in [6.45, 7) is 5.71. The van der Waals surface area contributed by atoms with Gasteiger partial charge in [-0.15, -0.1) is 0 Å². The van der Waals surface area contributed by atoms with Crippen LogP contribution in [-0.4, -0.2) is 28.6 Å². The zero-order valence-corrected chi connectivity index (χ0v) is 11.8. The minimum atomic E-state index is -1.02. The second kappa shape index (κ2) is 3.81. The third-order valence-electron chi connectivity index (χ3n) is 6.18. The third-order valence-corrected chi connectivity index (χ3v) is 6.18. The van der Waals surface area contributed by atoms with Crippen LogP contribution >= 0.6 is 0 Å². The number of aliphatic hydroxyl groups is 1. The largest absolute Gasteiger partial charge is 0.461 e. The molecule has 19 heavy (non-hydrogen) atoms. The van der Waals surface area contributed by atoms with E-state index in [1.54, 1.807) is 0 Å². The fourth-order valence-corrected chi connectivity index (χ4v) is 4.61. The molecule has 4 nitrogen and oxygen atoms in total. The highest BCUT2D eigenvalue weighted by atomic mass is 16.6. The molecule has 3 aliphatic rings. The van der Waals surface area contributed by atoms with Crippen LogP contribution in [-0.2, 0) is 14.3 Å². The number of ether oxygens (including phenoxy) is 1. The Morgan fingerprint density at radius 1 is 1.26 bits per heavy atom. The van der Waals surface area contributed by atoms with E-state index >= 15 is 0 Å². The molecule has 106 valence electrons. The van der Waals surface area contributed by atoms with Crippen molar-refractivity contribution in [2.45, 2.75) is 58.2 Å². The molecule has 1 heterocycles. The Morgan fingerprint density at radius 3 is 2.63 bits per heavy atom. The molecule has 1 saturated heterocycles. The third kappa shape index (κ3) is 1.38. The molecule has 0 aromatic rings. The Bertz CT molecular complexity index is 445. The molecule has 0 aromatic heterocycles. The van der Waals surface area contributed by atoms with Crippen LogP contribution in [0.1, 0.15) is 46.5 Å². The predicted molar refractivity (Wildman–Crippen MR) is 68.2 cm³/mol. The van der Waals surface area contributed by atoms with Gasteiger partial charge in [0.05, 0.1) is 16.9 Å². The second-order valence-electron chi connectivity index (χ2n) is 6.84. The van der Waals surface area contributed by atoms with E-state index in [-0.39, 0.29) is 29.5 Å². The Morgan fingerprint density at radius 2 is 1.95 bits per heavy atom. The summed E-state index contributed by atoms with van der Waals surface area (Å²) in [4.78, 5) is 24.3. The summed E-state index contributed by atoms with van der Waals surface area (Å²) in [6.07, 6.45) is 2.15. The van der Waals surface area contributed by atoms with Gasteiger partial charge in [0.25, 0.3) is 0 Å². The van der Waals surface area contributed by atoms with Gasteiger partial charge in [0, 0.05) is 12.3 Å². The normalized spacial score (nSPS) is 53.5. The summed E-state index contributed by atoms with van der Waals surface area (Å²) in [5.41, 5.74) is -1.94. The summed E-state index contributed by atoms with van der Waals surface area (Å²) in [5, 5.41) is 11.1. The number of esters is 1. The Balaban J connectivity index is 2.11. The van der Waals surface area contributed by atoms with Crippen LogP contribution < -0.4 is 0 Å².